The Morgan fingerprint density at radius 3 is 2.67 bits per heavy atom. The zero-order valence-corrected chi connectivity index (χ0v) is 8.25. The molecule has 0 bridgehead atoms. The molecule has 0 aromatic carbocycles. The van der Waals surface area contributed by atoms with Crippen LogP contribution in [0.15, 0.2) is 12.2 Å². The molecule has 0 heterocycles. The fourth-order valence-electron chi connectivity index (χ4n) is 1.11. The summed E-state index contributed by atoms with van der Waals surface area (Å²) in [5.74, 6) is 0.861. The smallest absolute Gasteiger partial charge is 0.142 e. The van der Waals surface area contributed by atoms with Gasteiger partial charge in [-0.3, -0.25) is 4.79 Å². The van der Waals surface area contributed by atoms with Gasteiger partial charge in [-0.1, -0.05) is 39.2 Å². The molecule has 0 rings (SSSR count). The van der Waals surface area contributed by atoms with Crippen LogP contribution in [0.2, 0.25) is 0 Å². The lowest BCUT2D eigenvalue weighted by molar-refractivity contribution is -0.104. The minimum Gasteiger partial charge on any atom is -0.299 e. The normalized spacial score (nSPS) is 13.5. The van der Waals surface area contributed by atoms with Crippen molar-refractivity contribution in [1.29, 1.82) is 0 Å². The van der Waals surface area contributed by atoms with Crippen molar-refractivity contribution in [3.05, 3.63) is 12.2 Å². The highest BCUT2D eigenvalue weighted by Gasteiger charge is 1.96. The van der Waals surface area contributed by atoms with Crippen LogP contribution < -0.4 is 0 Å². The molecular weight excluding hydrogens is 148 g/mol. The van der Waals surface area contributed by atoms with Crippen LogP contribution in [0.5, 0.6) is 0 Å². The van der Waals surface area contributed by atoms with Crippen molar-refractivity contribution in [3.8, 4) is 0 Å². The van der Waals surface area contributed by atoms with Crippen LogP contribution in [-0.4, -0.2) is 6.29 Å². The zero-order valence-electron chi connectivity index (χ0n) is 8.25. The van der Waals surface area contributed by atoms with Crippen LogP contribution in [0.1, 0.15) is 46.0 Å². The average Bonchev–Trinajstić information content (AvgIpc) is 2.10. The van der Waals surface area contributed by atoms with Gasteiger partial charge >= 0.3 is 0 Å². The molecule has 0 saturated carbocycles. The van der Waals surface area contributed by atoms with Crippen molar-refractivity contribution in [2.75, 3.05) is 0 Å². The van der Waals surface area contributed by atoms with Gasteiger partial charge < -0.3 is 0 Å². The van der Waals surface area contributed by atoms with E-state index in [-0.39, 0.29) is 0 Å². The number of carbonyl (C=O) groups is 1. The van der Waals surface area contributed by atoms with Crippen molar-refractivity contribution in [3.63, 3.8) is 0 Å². The molecule has 1 unspecified atom stereocenters. The summed E-state index contributed by atoms with van der Waals surface area (Å²) in [6.45, 7) is 4.53. The molecule has 1 nitrogen and oxygen atoms in total. The summed E-state index contributed by atoms with van der Waals surface area (Å²) in [4.78, 5) is 9.91. The van der Waals surface area contributed by atoms with Gasteiger partial charge in [0.25, 0.3) is 0 Å². The molecule has 0 aromatic heterocycles. The summed E-state index contributed by atoms with van der Waals surface area (Å²) in [7, 11) is 0. The maximum absolute atomic E-state index is 9.91. The van der Waals surface area contributed by atoms with Crippen LogP contribution in [0.3, 0.4) is 0 Å². The number of allylic oxidation sites excluding steroid dienone is 2. The van der Waals surface area contributed by atoms with Gasteiger partial charge in [0.2, 0.25) is 0 Å². The second-order valence-corrected chi connectivity index (χ2v) is 3.36. The maximum Gasteiger partial charge on any atom is 0.142 e. The SMILES string of the molecule is CCC(C)CCCCC=CC=O. The molecule has 0 amide bonds. The second kappa shape index (κ2) is 8.51. The third-order valence-electron chi connectivity index (χ3n) is 2.23. The Morgan fingerprint density at radius 2 is 2.08 bits per heavy atom. The Hall–Kier alpha value is -0.590. The molecule has 70 valence electrons. The topological polar surface area (TPSA) is 17.1 Å². The first-order valence-corrected chi connectivity index (χ1v) is 4.91. The van der Waals surface area contributed by atoms with Gasteiger partial charge in [0, 0.05) is 0 Å². The zero-order chi connectivity index (χ0) is 9.23. The number of carbonyl (C=O) groups excluding carboxylic acids is 1. The van der Waals surface area contributed by atoms with Crippen molar-refractivity contribution in [1.82, 2.24) is 0 Å². The van der Waals surface area contributed by atoms with E-state index in [0.717, 1.165) is 18.6 Å². The predicted molar refractivity (Wildman–Crippen MR) is 53.1 cm³/mol. The van der Waals surface area contributed by atoms with Gasteiger partial charge in [-0.05, 0) is 24.8 Å². The van der Waals surface area contributed by atoms with Crippen molar-refractivity contribution >= 4 is 6.29 Å². The van der Waals surface area contributed by atoms with E-state index in [4.69, 9.17) is 0 Å². The summed E-state index contributed by atoms with van der Waals surface area (Å²) >= 11 is 0. The highest BCUT2D eigenvalue weighted by Crippen LogP contribution is 2.11. The Morgan fingerprint density at radius 1 is 1.33 bits per heavy atom. The summed E-state index contributed by atoms with van der Waals surface area (Å²) in [6.07, 6.45) is 10.5. The molecule has 0 aliphatic heterocycles. The summed E-state index contributed by atoms with van der Waals surface area (Å²) in [5.41, 5.74) is 0. The standard InChI is InChI=1S/C11H20O/c1-3-11(2)9-7-5-4-6-8-10-12/h6,8,10-11H,3-5,7,9H2,1-2H3. The van der Waals surface area contributed by atoms with Crippen LogP contribution in [0, 0.1) is 5.92 Å². The van der Waals surface area contributed by atoms with E-state index < -0.39 is 0 Å². The van der Waals surface area contributed by atoms with Crippen molar-refractivity contribution in [2.24, 2.45) is 5.92 Å². The maximum atomic E-state index is 9.91. The number of rotatable bonds is 7. The molecule has 0 aliphatic rings. The molecule has 0 radical (unpaired) electrons. The van der Waals surface area contributed by atoms with Crippen LogP contribution in [-0.2, 0) is 4.79 Å². The molecule has 0 saturated heterocycles. The molecule has 0 N–H and O–H groups in total. The fourth-order valence-corrected chi connectivity index (χ4v) is 1.11. The van der Waals surface area contributed by atoms with Gasteiger partial charge in [0.15, 0.2) is 0 Å². The van der Waals surface area contributed by atoms with E-state index in [0.29, 0.717) is 0 Å². The summed E-state index contributed by atoms with van der Waals surface area (Å²) < 4.78 is 0. The average molecular weight is 168 g/mol. The summed E-state index contributed by atoms with van der Waals surface area (Å²) in [6, 6.07) is 0. The number of hydrogen-bond donors (Lipinski definition) is 0. The molecule has 1 heteroatoms. The minimum absolute atomic E-state index is 0.842. The van der Waals surface area contributed by atoms with Gasteiger partial charge in [-0.15, -0.1) is 0 Å². The van der Waals surface area contributed by atoms with E-state index in [1.54, 1.807) is 6.08 Å². The van der Waals surface area contributed by atoms with Gasteiger partial charge in [-0.25, -0.2) is 0 Å². The number of hydrogen-bond acceptors (Lipinski definition) is 1. The largest absolute Gasteiger partial charge is 0.299 e. The van der Waals surface area contributed by atoms with E-state index in [1.165, 1.54) is 25.7 Å². The molecule has 1 atom stereocenters. The molecule has 0 aliphatic carbocycles. The lowest BCUT2D eigenvalue weighted by Gasteiger charge is -2.05. The first kappa shape index (κ1) is 11.4. The lowest BCUT2D eigenvalue weighted by atomic mass is 10.0. The quantitative estimate of drug-likeness (QED) is 0.324. The number of unbranched alkanes of at least 4 members (excludes halogenated alkanes) is 2. The monoisotopic (exact) mass is 168 g/mol. The van der Waals surface area contributed by atoms with Gasteiger partial charge in [0.05, 0.1) is 0 Å². The molecule has 0 aromatic rings. The predicted octanol–water partition coefficient (Wildman–Crippen LogP) is 3.35. The van der Waals surface area contributed by atoms with Gasteiger partial charge in [0.1, 0.15) is 6.29 Å². The Bertz CT molecular complexity index is 127. The second-order valence-electron chi connectivity index (χ2n) is 3.36. The van der Waals surface area contributed by atoms with E-state index >= 15 is 0 Å². The highest BCUT2D eigenvalue weighted by molar-refractivity contribution is 5.64. The fraction of sp³-hybridized carbons (Fsp3) is 0.727. The Labute approximate surface area is 75.9 Å². The van der Waals surface area contributed by atoms with Crippen LogP contribution in [0.4, 0.5) is 0 Å². The first-order chi connectivity index (χ1) is 5.81. The van der Waals surface area contributed by atoms with Crippen molar-refractivity contribution < 1.29 is 4.79 Å². The third-order valence-corrected chi connectivity index (χ3v) is 2.23. The lowest BCUT2D eigenvalue weighted by Crippen LogP contribution is -1.90. The molecule has 0 spiro atoms. The van der Waals surface area contributed by atoms with E-state index in [2.05, 4.69) is 13.8 Å². The molecule has 12 heavy (non-hydrogen) atoms. The molecule has 0 fully saturated rings. The van der Waals surface area contributed by atoms with E-state index in [9.17, 15) is 4.79 Å². The van der Waals surface area contributed by atoms with Crippen molar-refractivity contribution in [2.45, 2.75) is 46.0 Å². The van der Waals surface area contributed by atoms with Crippen LogP contribution >= 0.6 is 0 Å². The Balaban J connectivity index is 3.10. The highest BCUT2D eigenvalue weighted by atomic mass is 16.1. The first-order valence-electron chi connectivity index (χ1n) is 4.91. The Kier molecular flexibility index (Phi) is 8.09. The molecular formula is C11H20O. The number of aldehydes is 1. The van der Waals surface area contributed by atoms with E-state index in [1.807, 2.05) is 6.08 Å². The third kappa shape index (κ3) is 7.52. The summed E-state index contributed by atoms with van der Waals surface area (Å²) in [5, 5.41) is 0. The minimum atomic E-state index is 0.842. The van der Waals surface area contributed by atoms with Gasteiger partial charge in [-0.2, -0.15) is 0 Å². The van der Waals surface area contributed by atoms with Crippen LogP contribution in [0.25, 0.3) is 0 Å².